The van der Waals surface area contributed by atoms with Crippen LogP contribution in [0.3, 0.4) is 0 Å². The molecule has 5 aliphatic rings. The second-order valence-electron chi connectivity index (χ2n) is 10.8. The van der Waals surface area contributed by atoms with Gasteiger partial charge in [-0.25, -0.2) is 0 Å². The standard InChI is InChI=1S/C30H29.Zr/c1-2-8-26-24(5-1)6-3-9-27(26)28-10-4-7-25-14-23(15-29(25)28)19-30-16-20-11-21(17-30)13-22(12-20)18-30;/h1-10,14-15,20-22H,11-13,16-19H2;. The SMILES string of the molecule is [CH]1C(CC23CC4CC(CC(C4)C2)C3)=Cc2c1cccc2-c1cccc2ccccc12.[Zr]. The Kier molecular flexibility index (Phi) is 4.91. The number of hydrogen-bond acceptors (Lipinski definition) is 0. The summed E-state index contributed by atoms with van der Waals surface area (Å²) in [5.41, 5.74) is 7.80. The Bertz CT molecular complexity index is 1140. The minimum absolute atomic E-state index is 0. The first-order chi connectivity index (χ1) is 14.7. The van der Waals surface area contributed by atoms with Crippen LogP contribution in [0, 0.1) is 29.6 Å². The summed E-state index contributed by atoms with van der Waals surface area (Å²) >= 11 is 0. The largest absolute Gasteiger partial charge is 0.0616 e. The molecule has 0 aliphatic heterocycles. The van der Waals surface area contributed by atoms with Crippen molar-refractivity contribution in [3.63, 3.8) is 0 Å². The van der Waals surface area contributed by atoms with Crippen molar-refractivity contribution in [2.45, 2.75) is 44.9 Å². The fourth-order valence-electron chi connectivity index (χ4n) is 8.03. The van der Waals surface area contributed by atoms with Crippen LogP contribution in [0.15, 0.2) is 66.2 Å². The molecule has 3 aromatic carbocycles. The van der Waals surface area contributed by atoms with E-state index >= 15 is 0 Å². The fraction of sp³-hybridized carbons (Fsp3) is 0.367. The molecule has 0 nitrogen and oxygen atoms in total. The van der Waals surface area contributed by atoms with Gasteiger partial charge < -0.3 is 0 Å². The predicted molar refractivity (Wildman–Crippen MR) is 126 cm³/mol. The zero-order chi connectivity index (χ0) is 19.7. The van der Waals surface area contributed by atoms with Gasteiger partial charge in [0.15, 0.2) is 0 Å². The molecule has 0 N–H and O–H groups in total. The fourth-order valence-corrected chi connectivity index (χ4v) is 8.03. The van der Waals surface area contributed by atoms with Crippen molar-refractivity contribution in [1.82, 2.24) is 0 Å². The van der Waals surface area contributed by atoms with Gasteiger partial charge in [0, 0.05) is 32.6 Å². The van der Waals surface area contributed by atoms with Crippen molar-refractivity contribution < 1.29 is 26.2 Å². The van der Waals surface area contributed by atoms with Crippen LogP contribution in [-0.2, 0) is 26.2 Å². The Morgan fingerprint density at radius 1 is 0.710 bits per heavy atom. The van der Waals surface area contributed by atoms with Gasteiger partial charge in [-0.1, -0.05) is 72.3 Å². The molecule has 0 atom stereocenters. The second-order valence-corrected chi connectivity index (χ2v) is 10.8. The van der Waals surface area contributed by atoms with E-state index in [1.54, 1.807) is 5.57 Å². The molecule has 3 aromatic rings. The molecule has 153 valence electrons. The molecule has 1 radical (unpaired) electrons. The molecule has 0 saturated heterocycles. The van der Waals surface area contributed by atoms with Crippen LogP contribution < -0.4 is 0 Å². The maximum atomic E-state index is 2.53. The summed E-state index contributed by atoms with van der Waals surface area (Å²) in [4.78, 5) is 0. The van der Waals surface area contributed by atoms with E-state index < -0.39 is 0 Å². The van der Waals surface area contributed by atoms with Crippen molar-refractivity contribution in [3.8, 4) is 11.1 Å². The van der Waals surface area contributed by atoms with E-state index in [2.05, 4.69) is 73.2 Å². The van der Waals surface area contributed by atoms with Gasteiger partial charge in [0.1, 0.15) is 0 Å². The van der Waals surface area contributed by atoms with Gasteiger partial charge in [0.2, 0.25) is 0 Å². The molecule has 8 rings (SSSR count). The third kappa shape index (κ3) is 3.34. The monoisotopic (exact) mass is 479 g/mol. The van der Waals surface area contributed by atoms with Crippen LogP contribution in [0.2, 0.25) is 0 Å². The van der Waals surface area contributed by atoms with Crippen LogP contribution >= 0.6 is 0 Å². The Balaban J connectivity index is 0.00000185. The van der Waals surface area contributed by atoms with Gasteiger partial charge in [-0.2, -0.15) is 0 Å². The predicted octanol–water partition coefficient (Wildman–Crippen LogP) is 8.06. The summed E-state index contributed by atoms with van der Waals surface area (Å²) in [6.07, 6.45) is 15.4. The van der Waals surface area contributed by atoms with Gasteiger partial charge in [-0.3, -0.25) is 0 Å². The Labute approximate surface area is 205 Å². The van der Waals surface area contributed by atoms with Crippen LogP contribution in [0.25, 0.3) is 28.0 Å². The smallest absolute Gasteiger partial charge is 0.0164 e. The number of allylic oxidation sites excluding steroid dienone is 1. The molecule has 0 aromatic heterocycles. The van der Waals surface area contributed by atoms with Gasteiger partial charge in [0.05, 0.1) is 0 Å². The Morgan fingerprint density at radius 3 is 2.13 bits per heavy atom. The molecule has 31 heavy (non-hydrogen) atoms. The first-order valence-corrected chi connectivity index (χ1v) is 11.9. The van der Waals surface area contributed by atoms with Gasteiger partial charge in [0.25, 0.3) is 0 Å². The third-order valence-electron chi connectivity index (χ3n) is 8.63. The van der Waals surface area contributed by atoms with E-state index in [1.807, 2.05) is 0 Å². The van der Waals surface area contributed by atoms with Crippen molar-refractivity contribution in [2.75, 3.05) is 0 Å². The van der Waals surface area contributed by atoms with E-state index in [9.17, 15) is 0 Å². The van der Waals surface area contributed by atoms with Crippen LogP contribution in [0.5, 0.6) is 0 Å². The van der Waals surface area contributed by atoms with Gasteiger partial charge >= 0.3 is 0 Å². The van der Waals surface area contributed by atoms with E-state index in [0.717, 1.165) is 17.8 Å². The zero-order valence-corrected chi connectivity index (χ0v) is 20.6. The Morgan fingerprint density at radius 2 is 1.35 bits per heavy atom. The van der Waals surface area contributed by atoms with E-state index in [-0.39, 0.29) is 26.2 Å². The molecule has 5 aliphatic carbocycles. The maximum Gasteiger partial charge on any atom is 0.0164 e. The van der Waals surface area contributed by atoms with Crippen molar-refractivity contribution in [1.29, 1.82) is 0 Å². The molecule has 0 unspecified atom stereocenters. The molecule has 4 bridgehead atoms. The average molecular weight is 481 g/mol. The molecule has 4 fully saturated rings. The number of benzene rings is 3. The van der Waals surface area contributed by atoms with Crippen molar-refractivity contribution in [3.05, 3.63) is 83.8 Å². The summed E-state index contributed by atoms with van der Waals surface area (Å²) in [5, 5.41) is 2.68. The molecular formula is C30H29Zr. The van der Waals surface area contributed by atoms with Crippen LogP contribution in [-0.4, -0.2) is 0 Å². The van der Waals surface area contributed by atoms with E-state index in [1.165, 1.54) is 78.0 Å². The zero-order valence-electron chi connectivity index (χ0n) is 18.1. The molecule has 0 spiro atoms. The summed E-state index contributed by atoms with van der Waals surface area (Å²) < 4.78 is 0. The quantitative estimate of drug-likeness (QED) is 0.355. The number of hydrogen-bond donors (Lipinski definition) is 0. The minimum atomic E-state index is 0. The van der Waals surface area contributed by atoms with Crippen LogP contribution in [0.4, 0.5) is 0 Å². The normalized spacial score (nSPS) is 30.2. The first kappa shape index (κ1) is 20.2. The minimum Gasteiger partial charge on any atom is -0.0616 e. The number of rotatable bonds is 3. The maximum absolute atomic E-state index is 2.53. The molecule has 0 heterocycles. The number of fused-ring (bicyclic) bond motifs is 2. The van der Waals surface area contributed by atoms with Crippen molar-refractivity contribution >= 4 is 16.8 Å². The summed E-state index contributed by atoms with van der Waals surface area (Å²) in [6, 6.07) is 22.4. The topological polar surface area (TPSA) is 0 Å². The van der Waals surface area contributed by atoms with Gasteiger partial charge in [-0.05, 0) is 101 Å². The molecule has 1 heteroatoms. The summed E-state index contributed by atoms with van der Waals surface area (Å²) in [5.74, 6) is 3.10. The van der Waals surface area contributed by atoms with Crippen molar-refractivity contribution in [2.24, 2.45) is 23.2 Å². The first-order valence-electron chi connectivity index (χ1n) is 11.9. The van der Waals surface area contributed by atoms with E-state index in [4.69, 9.17) is 0 Å². The summed E-state index contributed by atoms with van der Waals surface area (Å²) in [6.45, 7) is 0. The summed E-state index contributed by atoms with van der Waals surface area (Å²) in [7, 11) is 0. The third-order valence-corrected chi connectivity index (χ3v) is 8.63. The molecular weight excluding hydrogens is 452 g/mol. The Hall–Kier alpha value is -1.46. The van der Waals surface area contributed by atoms with Crippen LogP contribution in [0.1, 0.15) is 56.1 Å². The molecule has 0 amide bonds. The second kappa shape index (κ2) is 7.55. The molecule has 4 saturated carbocycles. The van der Waals surface area contributed by atoms with Gasteiger partial charge in [-0.15, -0.1) is 0 Å². The van der Waals surface area contributed by atoms with E-state index in [0.29, 0.717) is 5.41 Å². The average Bonchev–Trinajstić information content (AvgIpc) is 3.14.